The Morgan fingerprint density at radius 2 is 2.04 bits per heavy atom. The van der Waals surface area contributed by atoms with Crippen molar-refractivity contribution >= 4 is 11.6 Å². The molecule has 0 unspecified atom stereocenters. The third-order valence-electron chi connectivity index (χ3n) is 4.40. The molecule has 2 heterocycles. The van der Waals surface area contributed by atoms with Crippen LogP contribution in [0.4, 0.5) is 10.1 Å². The Bertz CT molecular complexity index is 950. The molecule has 0 saturated heterocycles. The van der Waals surface area contributed by atoms with Crippen molar-refractivity contribution in [3.63, 3.8) is 0 Å². The SMILES string of the molecule is Cc1ccc([C@H]2Cn3nc(C(=O)Nc4cccc(F)c4)cc3CO2)cc1. The minimum absolute atomic E-state index is 0.0952. The van der Waals surface area contributed by atoms with E-state index >= 15 is 0 Å². The number of aryl methyl sites for hydroxylation is 1. The van der Waals surface area contributed by atoms with E-state index < -0.39 is 5.82 Å². The third-order valence-corrected chi connectivity index (χ3v) is 4.40. The van der Waals surface area contributed by atoms with Crippen molar-refractivity contribution in [3.8, 4) is 0 Å². The minimum Gasteiger partial charge on any atom is -0.365 e. The smallest absolute Gasteiger partial charge is 0.276 e. The molecule has 4 rings (SSSR count). The molecule has 132 valence electrons. The fourth-order valence-corrected chi connectivity index (χ4v) is 2.98. The van der Waals surface area contributed by atoms with Gasteiger partial charge in [0.15, 0.2) is 5.69 Å². The molecule has 1 atom stereocenters. The van der Waals surface area contributed by atoms with Crippen molar-refractivity contribution in [1.82, 2.24) is 9.78 Å². The van der Waals surface area contributed by atoms with Crippen molar-refractivity contribution in [1.29, 1.82) is 0 Å². The van der Waals surface area contributed by atoms with Gasteiger partial charge in [-0.05, 0) is 36.8 Å². The number of ether oxygens (including phenoxy) is 1. The molecule has 0 bridgehead atoms. The Balaban J connectivity index is 1.50. The van der Waals surface area contributed by atoms with Gasteiger partial charge in [-0.2, -0.15) is 5.10 Å². The lowest BCUT2D eigenvalue weighted by molar-refractivity contribution is -0.00119. The van der Waals surface area contributed by atoms with Gasteiger partial charge in [-0.3, -0.25) is 9.48 Å². The van der Waals surface area contributed by atoms with E-state index in [-0.39, 0.29) is 17.7 Å². The Morgan fingerprint density at radius 1 is 1.23 bits per heavy atom. The Kier molecular flexibility index (Phi) is 4.26. The van der Waals surface area contributed by atoms with Crippen LogP contribution in [0.5, 0.6) is 0 Å². The number of carbonyl (C=O) groups excluding carboxylic acids is 1. The van der Waals surface area contributed by atoms with Crippen LogP contribution in [0.2, 0.25) is 0 Å². The van der Waals surface area contributed by atoms with Crippen molar-refractivity contribution in [2.75, 3.05) is 5.32 Å². The summed E-state index contributed by atoms with van der Waals surface area (Å²) in [7, 11) is 0. The first-order valence-corrected chi connectivity index (χ1v) is 8.40. The van der Waals surface area contributed by atoms with E-state index in [1.807, 2.05) is 19.1 Å². The number of nitrogens with one attached hydrogen (secondary N) is 1. The topological polar surface area (TPSA) is 56.2 Å². The van der Waals surface area contributed by atoms with Gasteiger partial charge in [0, 0.05) is 5.69 Å². The summed E-state index contributed by atoms with van der Waals surface area (Å²) in [5.74, 6) is -0.773. The molecule has 1 N–H and O–H groups in total. The predicted molar refractivity (Wildman–Crippen MR) is 95.3 cm³/mol. The molecule has 26 heavy (non-hydrogen) atoms. The number of hydrogen-bond donors (Lipinski definition) is 1. The molecule has 6 heteroatoms. The van der Waals surface area contributed by atoms with E-state index in [2.05, 4.69) is 22.5 Å². The van der Waals surface area contributed by atoms with E-state index in [1.165, 1.54) is 17.7 Å². The Labute approximate surface area is 150 Å². The average molecular weight is 351 g/mol. The zero-order valence-electron chi connectivity index (χ0n) is 14.3. The van der Waals surface area contributed by atoms with Crippen LogP contribution < -0.4 is 5.32 Å². The highest BCUT2D eigenvalue weighted by Crippen LogP contribution is 2.27. The van der Waals surface area contributed by atoms with E-state index in [1.54, 1.807) is 22.9 Å². The molecular formula is C20H18FN3O2. The number of carbonyl (C=O) groups is 1. The van der Waals surface area contributed by atoms with Gasteiger partial charge in [0.05, 0.1) is 18.8 Å². The highest BCUT2D eigenvalue weighted by Gasteiger charge is 2.24. The molecule has 0 saturated carbocycles. The standard InChI is InChI=1S/C20H18FN3O2/c1-13-5-7-14(8-6-13)19-11-24-17(12-26-19)10-18(23-24)20(25)22-16-4-2-3-15(21)9-16/h2-10,19H,11-12H2,1H3,(H,22,25)/t19-/m1/s1. The molecule has 1 amide bonds. The maximum atomic E-state index is 13.2. The number of amides is 1. The molecule has 1 aromatic heterocycles. The van der Waals surface area contributed by atoms with Gasteiger partial charge < -0.3 is 10.1 Å². The molecule has 5 nitrogen and oxygen atoms in total. The molecule has 0 fully saturated rings. The van der Waals surface area contributed by atoms with Gasteiger partial charge in [0.25, 0.3) is 5.91 Å². The van der Waals surface area contributed by atoms with E-state index in [4.69, 9.17) is 4.74 Å². The van der Waals surface area contributed by atoms with Crippen LogP contribution in [0.1, 0.15) is 33.4 Å². The number of benzene rings is 2. The zero-order chi connectivity index (χ0) is 18.1. The van der Waals surface area contributed by atoms with Gasteiger partial charge in [0.2, 0.25) is 0 Å². The molecule has 0 spiro atoms. The maximum absolute atomic E-state index is 13.2. The molecule has 3 aromatic rings. The molecule has 2 aromatic carbocycles. The predicted octanol–water partition coefficient (Wildman–Crippen LogP) is 3.85. The van der Waals surface area contributed by atoms with Gasteiger partial charge in [-0.15, -0.1) is 0 Å². The van der Waals surface area contributed by atoms with Crippen LogP contribution >= 0.6 is 0 Å². The van der Waals surface area contributed by atoms with Crippen molar-refractivity contribution < 1.29 is 13.9 Å². The van der Waals surface area contributed by atoms with Crippen molar-refractivity contribution in [3.05, 3.63) is 82.9 Å². The van der Waals surface area contributed by atoms with E-state index in [9.17, 15) is 9.18 Å². The highest BCUT2D eigenvalue weighted by atomic mass is 19.1. The van der Waals surface area contributed by atoms with Crippen molar-refractivity contribution in [2.24, 2.45) is 0 Å². The lowest BCUT2D eigenvalue weighted by Crippen LogP contribution is -2.22. The number of hydrogen-bond acceptors (Lipinski definition) is 3. The highest BCUT2D eigenvalue weighted by molar-refractivity contribution is 6.02. The number of aromatic nitrogens is 2. The quantitative estimate of drug-likeness (QED) is 0.780. The maximum Gasteiger partial charge on any atom is 0.276 e. The van der Waals surface area contributed by atoms with E-state index in [0.717, 1.165) is 11.3 Å². The summed E-state index contributed by atoms with van der Waals surface area (Å²) in [6, 6.07) is 15.7. The van der Waals surface area contributed by atoms with E-state index in [0.29, 0.717) is 18.8 Å². The second-order valence-electron chi connectivity index (χ2n) is 6.38. The summed E-state index contributed by atoms with van der Waals surface area (Å²) in [6.07, 6.45) is -0.0952. The zero-order valence-corrected chi connectivity index (χ0v) is 14.3. The summed E-state index contributed by atoms with van der Waals surface area (Å²) >= 11 is 0. The molecule has 0 radical (unpaired) electrons. The minimum atomic E-state index is -0.402. The Morgan fingerprint density at radius 3 is 2.81 bits per heavy atom. The summed E-state index contributed by atoms with van der Waals surface area (Å²) < 4.78 is 21.0. The van der Waals surface area contributed by atoms with Crippen LogP contribution in [0.25, 0.3) is 0 Å². The summed E-state index contributed by atoms with van der Waals surface area (Å²) in [5.41, 5.74) is 3.81. The second kappa shape index (κ2) is 6.72. The third kappa shape index (κ3) is 3.36. The summed E-state index contributed by atoms with van der Waals surface area (Å²) in [4.78, 5) is 12.4. The number of rotatable bonds is 3. The average Bonchev–Trinajstić information content (AvgIpc) is 3.06. The largest absolute Gasteiger partial charge is 0.365 e. The summed E-state index contributed by atoms with van der Waals surface area (Å²) in [6.45, 7) is 2.98. The molecule has 1 aliphatic heterocycles. The molecule has 0 aliphatic carbocycles. The lowest BCUT2D eigenvalue weighted by atomic mass is 10.1. The van der Waals surface area contributed by atoms with Crippen LogP contribution in [0.3, 0.4) is 0 Å². The van der Waals surface area contributed by atoms with Crippen molar-refractivity contribution in [2.45, 2.75) is 26.2 Å². The fourth-order valence-electron chi connectivity index (χ4n) is 2.98. The Hall–Kier alpha value is -2.99. The lowest BCUT2D eigenvalue weighted by Gasteiger charge is -2.24. The molecular weight excluding hydrogens is 333 g/mol. The van der Waals surface area contributed by atoms with Crippen LogP contribution in [0.15, 0.2) is 54.6 Å². The first-order valence-electron chi connectivity index (χ1n) is 8.40. The number of nitrogens with zero attached hydrogens (tertiary/aromatic N) is 2. The van der Waals surface area contributed by atoms with Crippen LogP contribution in [-0.2, 0) is 17.9 Å². The number of halogens is 1. The first kappa shape index (κ1) is 16.5. The number of fused-ring (bicyclic) bond motifs is 1. The molecule has 1 aliphatic rings. The fraction of sp³-hybridized carbons (Fsp3) is 0.200. The second-order valence-corrected chi connectivity index (χ2v) is 6.38. The van der Waals surface area contributed by atoms with Gasteiger partial charge in [0.1, 0.15) is 11.9 Å². The summed E-state index contributed by atoms with van der Waals surface area (Å²) in [5, 5.41) is 7.06. The van der Waals surface area contributed by atoms with Gasteiger partial charge in [-0.25, -0.2) is 4.39 Å². The van der Waals surface area contributed by atoms with Crippen LogP contribution in [0, 0.1) is 12.7 Å². The number of anilines is 1. The monoisotopic (exact) mass is 351 g/mol. The normalized spacial score (nSPS) is 16.2. The van der Waals surface area contributed by atoms with Crippen LogP contribution in [-0.4, -0.2) is 15.7 Å². The van der Waals surface area contributed by atoms with Gasteiger partial charge >= 0.3 is 0 Å². The van der Waals surface area contributed by atoms with Gasteiger partial charge in [-0.1, -0.05) is 35.9 Å². The first-order chi connectivity index (χ1) is 12.6.